The van der Waals surface area contributed by atoms with Crippen LogP contribution in [0.2, 0.25) is 20.1 Å². The first-order valence-electron chi connectivity index (χ1n) is 12.9. The average molecular weight is 659 g/mol. The molecule has 0 aliphatic rings. The molecule has 3 rings (SSSR count). The molecule has 0 spiro atoms. The number of anilines is 1. The lowest BCUT2D eigenvalue weighted by molar-refractivity contribution is -0.140. The standard InChI is InChI=1S/C29H31Cl4N3O4S/c1-4-19(3)34-29(38)27(5-2)35(17-20-9-14-25(32)26(33)15-20)28(37)18-36(23-8-6-7-22(31)16-23)41(39,40)24-12-10-21(30)11-13-24/h6-16,19,27H,4-5,17-18H2,1-3H3,(H,34,38)/t19-,27-/m0/s1. The number of carbonyl (C=O) groups is 2. The summed E-state index contributed by atoms with van der Waals surface area (Å²) in [6.45, 7) is 4.99. The molecule has 0 aliphatic carbocycles. The van der Waals surface area contributed by atoms with Crippen LogP contribution in [0, 0.1) is 0 Å². The van der Waals surface area contributed by atoms with Gasteiger partial charge in [-0.25, -0.2) is 8.42 Å². The van der Waals surface area contributed by atoms with E-state index < -0.39 is 28.5 Å². The number of sulfonamides is 1. The van der Waals surface area contributed by atoms with Crippen molar-refractivity contribution in [1.82, 2.24) is 10.2 Å². The summed E-state index contributed by atoms with van der Waals surface area (Å²) in [7, 11) is -4.25. The Hall–Kier alpha value is -2.49. The summed E-state index contributed by atoms with van der Waals surface area (Å²) in [4.78, 5) is 28.7. The van der Waals surface area contributed by atoms with Crippen LogP contribution in [0.3, 0.4) is 0 Å². The van der Waals surface area contributed by atoms with Gasteiger partial charge in [0.1, 0.15) is 12.6 Å². The molecule has 1 N–H and O–H groups in total. The average Bonchev–Trinajstić information content (AvgIpc) is 2.93. The molecule has 0 radical (unpaired) electrons. The summed E-state index contributed by atoms with van der Waals surface area (Å²) in [5.41, 5.74) is 0.810. The van der Waals surface area contributed by atoms with Crippen LogP contribution >= 0.6 is 46.4 Å². The molecule has 2 amide bonds. The lowest BCUT2D eigenvalue weighted by atomic mass is 10.1. The van der Waals surface area contributed by atoms with Crippen molar-refractivity contribution < 1.29 is 18.0 Å². The highest BCUT2D eigenvalue weighted by Crippen LogP contribution is 2.28. The van der Waals surface area contributed by atoms with E-state index in [1.165, 1.54) is 35.2 Å². The Labute approximate surface area is 261 Å². The molecule has 2 atom stereocenters. The minimum Gasteiger partial charge on any atom is -0.352 e. The Morgan fingerprint density at radius 3 is 2.12 bits per heavy atom. The van der Waals surface area contributed by atoms with E-state index in [-0.39, 0.29) is 35.5 Å². The van der Waals surface area contributed by atoms with Gasteiger partial charge in [0.15, 0.2) is 0 Å². The van der Waals surface area contributed by atoms with Crippen molar-refractivity contribution in [2.24, 2.45) is 0 Å². The normalized spacial score (nSPS) is 12.9. The summed E-state index contributed by atoms with van der Waals surface area (Å²) < 4.78 is 28.7. The first-order valence-corrected chi connectivity index (χ1v) is 15.9. The molecule has 0 aromatic heterocycles. The SMILES string of the molecule is CC[C@H](C)NC(=O)[C@H](CC)N(Cc1ccc(Cl)c(Cl)c1)C(=O)CN(c1cccc(Cl)c1)S(=O)(=O)c1ccc(Cl)cc1. The molecule has 0 heterocycles. The zero-order valence-electron chi connectivity index (χ0n) is 22.8. The number of carbonyl (C=O) groups excluding carboxylic acids is 2. The van der Waals surface area contributed by atoms with Gasteiger partial charge in [0.05, 0.1) is 20.6 Å². The van der Waals surface area contributed by atoms with Crippen molar-refractivity contribution in [1.29, 1.82) is 0 Å². The molecule has 0 saturated carbocycles. The molecular formula is C29H31Cl4N3O4S. The maximum atomic E-state index is 14.1. The quantitative estimate of drug-likeness (QED) is 0.223. The minimum atomic E-state index is -4.25. The predicted octanol–water partition coefficient (Wildman–Crippen LogP) is 7.22. The van der Waals surface area contributed by atoms with Crippen molar-refractivity contribution in [3.63, 3.8) is 0 Å². The highest BCUT2D eigenvalue weighted by atomic mass is 35.5. The summed E-state index contributed by atoms with van der Waals surface area (Å²) in [6.07, 6.45) is 0.987. The van der Waals surface area contributed by atoms with Crippen molar-refractivity contribution >= 4 is 73.9 Å². The van der Waals surface area contributed by atoms with Crippen molar-refractivity contribution in [2.45, 2.75) is 57.1 Å². The van der Waals surface area contributed by atoms with Gasteiger partial charge in [-0.1, -0.05) is 72.4 Å². The molecular weight excluding hydrogens is 628 g/mol. The van der Waals surface area contributed by atoms with Crippen LogP contribution in [0.25, 0.3) is 0 Å². The highest BCUT2D eigenvalue weighted by Gasteiger charge is 2.34. The van der Waals surface area contributed by atoms with Gasteiger partial charge in [0.25, 0.3) is 10.0 Å². The van der Waals surface area contributed by atoms with Gasteiger partial charge in [-0.05, 0) is 79.9 Å². The first-order chi connectivity index (χ1) is 19.4. The lowest BCUT2D eigenvalue weighted by Gasteiger charge is -2.33. The third kappa shape index (κ3) is 8.52. The number of rotatable bonds is 12. The molecule has 0 saturated heterocycles. The zero-order chi connectivity index (χ0) is 30.3. The third-order valence-electron chi connectivity index (χ3n) is 6.50. The molecule has 220 valence electrons. The maximum absolute atomic E-state index is 14.1. The fraction of sp³-hybridized carbons (Fsp3) is 0.310. The minimum absolute atomic E-state index is 0.00741. The van der Waals surface area contributed by atoms with E-state index in [0.717, 1.165) is 4.31 Å². The van der Waals surface area contributed by atoms with Gasteiger partial charge in [-0.3, -0.25) is 13.9 Å². The van der Waals surface area contributed by atoms with Crippen molar-refractivity contribution in [3.05, 3.63) is 92.4 Å². The van der Waals surface area contributed by atoms with Gasteiger partial charge in [-0.2, -0.15) is 0 Å². The molecule has 0 unspecified atom stereocenters. The van der Waals surface area contributed by atoms with Crippen LogP contribution in [0.5, 0.6) is 0 Å². The molecule has 41 heavy (non-hydrogen) atoms. The number of nitrogens with zero attached hydrogens (tertiary/aromatic N) is 2. The first kappa shape index (κ1) is 33.0. The molecule has 12 heteroatoms. The number of hydrogen-bond acceptors (Lipinski definition) is 4. The Bertz CT molecular complexity index is 1490. The van der Waals surface area contributed by atoms with E-state index in [9.17, 15) is 18.0 Å². The van der Waals surface area contributed by atoms with Crippen LogP contribution in [-0.2, 0) is 26.2 Å². The second-order valence-electron chi connectivity index (χ2n) is 9.46. The maximum Gasteiger partial charge on any atom is 0.264 e. The number of halogens is 4. The summed E-state index contributed by atoms with van der Waals surface area (Å²) in [6, 6.07) is 15.7. The van der Waals surface area contributed by atoms with Crippen molar-refractivity contribution in [3.8, 4) is 0 Å². The smallest absolute Gasteiger partial charge is 0.264 e. The summed E-state index contributed by atoms with van der Waals surface area (Å²) in [5.74, 6) is -0.940. The second kappa shape index (κ2) is 14.6. The Morgan fingerprint density at radius 1 is 0.854 bits per heavy atom. The molecule has 3 aromatic rings. The number of benzene rings is 3. The van der Waals surface area contributed by atoms with Crippen LogP contribution in [0.4, 0.5) is 5.69 Å². The number of amides is 2. The van der Waals surface area contributed by atoms with Crippen molar-refractivity contribution in [2.75, 3.05) is 10.8 Å². The van der Waals surface area contributed by atoms with E-state index in [1.54, 1.807) is 43.3 Å². The van der Waals surface area contributed by atoms with Gasteiger partial charge >= 0.3 is 0 Å². The zero-order valence-corrected chi connectivity index (χ0v) is 26.6. The van der Waals surface area contributed by atoms with Crippen LogP contribution in [0.1, 0.15) is 39.2 Å². The fourth-order valence-corrected chi connectivity index (χ4v) is 6.13. The molecule has 7 nitrogen and oxygen atoms in total. The predicted molar refractivity (Wildman–Crippen MR) is 166 cm³/mol. The lowest BCUT2D eigenvalue weighted by Crippen LogP contribution is -2.53. The van der Waals surface area contributed by atoms with Gasteiger partial charge in [0.2, 0.25) is 11.8 Å². The summed E-state index contributed by atoms with van der Waals surface area (Å²) in [5, 5.41) is 4.22. The molecule has 0 aliphatic heterocycles. The Balaban J connectivity index is 2.08. The topological polar surface area (TPSA) is 86.8 Å². The molecule has 3 aromatic carbocycles. The number of hydrogen-bond donors (Lipinski definition) is 1. The van der Waals surface area contributed by atoms with Crippen LogP contribution in [-0.4, -0.2) is 43.8 Å². The van der Waals surface area contributed by atoms with Crippen LogP contribution in [0.15, 0.2) is 71.6 Å². The van der Waals surface area contributed by atoms with E-state index in [0.29, 0.717) is 32.1 Å². The summed E-state index contributed by atoms with van der Waals surface area (Å²) >= 11 is 24.5. The Kier molecular flexibility index (Phi) is 11.8. The van der Waals surface area contributed by atoms with Gasteiger partial charge in [-0.15, -0.1) is 0 Å². The van der Waals surface area contributed by atoms with Gasteiger partial charge < -0.3 is 10.2 Å². The van der Waals surface area contributed by atoms with E-state index in [1.807, 2.05) is 13.8 Å². The number of nitrogens with one attached hydrogen (secondary N) is 1. The Morgan fingerprint density at radius 2 is 1.54 bits per heavy atom. The molecule has 0 bridgehead atoms. The fourth-order valence-electron chi connectivity index (χ4n) is 4.09. The van der Waals surface area contributed by atoms with Crippen LogP contribution < -0.4 is 9.62 Å². The highest BCUT2D eigenvalue weighted by molar-refractivity contribution is 7.92. The van der Waals surface area contributed by atoms with Gasteiger partial charge in [0, 0.05) is 22.6 Å². The largest absolute Gasteiger partial charge is 0.352 e. The van der Waals surface area contributed by atoms with E-state index in [4.69, 9.17) is 46.4 Å². The molecule has 0 fully saturated rings. The van der Waals surface area contributed by atoms with E-state index in [2.05, 4.69) is 5.32 Å². The monoisotopic (exact) mass is 657 g/mol. The van der Waals surface area contributed by atoms with E-state index >= 15 is 0 Å². The third-order valence-corrected chi connectivity index (χ3v) is 9.51. The second-order valence-corrected chi connectivity index (χ2v) is 13.0.